The Morgan fingerprint density at radius 2 is 2.35 bits per heavy atom. The van der Waals surface area contributed by atoms with Gasteiger partial charge < -0.3 is 5.32 Å². The summed E-state index contributed by atoms with van der Waals surface area (Å²) in [6.07, 6.45) is 2.88. The van der Waals surface area contributed by atoms with Gasteiger partial charge in [0.05, 0.1) is 11.7 Å². The SMILES string of the molecule is CCC(NCc1cccc(Br)n1)c1nccs1. The van der Waals surface area contributed by atoms with E-state index in [2.05, 4.69) is 38.1 Å². The van der Waals surface area contributed by atoms with Gasteiger partial charge in [-0.05, 0) is 34.5 Å². The van der Waals surface area contributed by atoms with Crippen LogP contribution in [0.1, 0.15) is 30.1 Å². The summed E-state index contributed by atoms with van der Waals surface area (Å²) >= 11 is 5.07. The van der Waals surface area contributed by atoms with Crippen LogP contribution in [0.4, 0.5) is 0 Å². The normalized spacial score (nSPS) is 12.6. The first-order chi connectivity index (χ1) is 8.29. The van der Waals surface area contributed by atoms with Gasteiger partial charge in [-0.3, -0.25) is 0 Å². The van der Waals surface area contributed by atoms with Gasteiger partial charge in [0.25, 0.3) is 0 Å². The molecule has 0 saturated carbocycles. The smallest absolute Gasteiger partial charge is 0.109 e. The van der Waals surface area contributed by atoms with Crippen molar-refractivity contribution in [3.63, 3.8) is 0 Å². The molecule has 0 bridgehead atoms. The maximum absolute atomic E-state index is 4.40. The Bertz CT molecular complexity index is 459. The Balaban J connectivity index is 1.97. The zero-order valence-electron chi connectivity index (χ0n) is 9.56. The van der Waals surface area contributed by atoms with E-state index >= 15 is 0 Å². The van der Waals surface area contributed by atoms with Crippen LogP contribution in [-0.2, 0) is 6.54 Å². The minimum absolute atomic E-state index is 0.316. The van der Waals surface area contributed by atoms with Crippen molar-refractivity contribution in [1.29, 1.82) is 0 Å². The first kappa shape index (κ1) is 12.7. The number of nitrogens with one attached hydrogen (secondary N) is 1. The minimum Gasteiger partial charge on any atom is -0.302 e. The van der Waals surface area contributed by atoms with E-state index in [1.807, 2.05) is 29.8 Å². The highest BCUT2D eigenvalue weighted by Gasteiger charge is 2.11. The summed E-state index contributed by atoms with van der Waals surface area (Å²) in [4.78, 5) is 8.74. The molecule has 0 radical (unpaired) electrons. The standard InChI is InChI=1S/C12H14BrN3S/c1-2-10(12-14-6-7-17-12)15-8-9-4-3-5-11(13)16-9/h3-7,10,15H,2,8H2,1H3. The van der Waals surface area contributed by atoms with Crippen LogP contribution in [0, 0.1) is 0 Å². The van der Waals surface area contributed by atoms with Crippen LogP contribution >= 0.6 is 27.3 Å². The van der Waals surface area contributed by atoms with E-state index < -0.39 is 0 Å². The van der Waals surface area contributed by atoms with E-state index in [4.69, 9.17) is 0 Å². The van der Waals surface area contributed by atoms with Crippen LogP contribution in [0.25, 0.3) is 0 Å². The average molecular weight is 312 g/mol. The van der Waals surface area contributed by atoms with Gasteiger partial charge in [-0.15, -0.1) is 11.3 Å². The molecule has 0 aromatic carbocycles. The zero-order chi connectivity index (χ0) is 12.1. The average Bonchev–Trinajstić information content (AvgIpc) is 2.84. The van der Waals surface area contributed by atoms with Crippen LogP contribution in [0.5, 0.6) is 0 Å². The van der Waals surface area contributed by atoms with Gasteiger partial charge in [-0.25, -0.2) is 9.97 Å². The van der Waals surface area contributed by atoms with E-state index in [1.54, 1.807) is 11.3 Å². The fourth-order valence-corrected chi connectivity index (χ4v) is 2.77. The van der Waals surface area contributed by atoms with E-state index in [0.29, 0.717) is 6.04 Å². The fourth-order valence-electron chi connectivity index (χ4n) is 1.59. The summed E-state index contributed by atoms with van der Waals surface area (Å²) in [7, 11) is 0. The largest absolute Gasteiger partial charge is 0.302 e. The first-order valence-electron chi connectivity index (χ1n) is 5.53. The van der Waals surface area contributed by atoms with Gasteiger partial charge in [-0.1, -0.05) is 13.0 Å². The fraction of sp³-hybridized carbons (Fsp3) is 0.333. The molecule has 90 valence electrons. The van der Waals surface area contributed by atoms with E-state index in [0.717, 1.165) is 28.3 Å². The number of hydrogen-bond donors (Lipinski definition) is 1. The lowest BCUT2D eigenvalue weighted by molar-refractivity contribution is 0.512. The maximum Gasteiger partial charge on any atom is 0.109 e. The molecule has 0 aliphatic carbocycles. The van der Waals surface area contributed by atoms with Gasteiger partial charge in [0, 0.05) is 18.1 Å². The highest BCUT2D eigenvalue weighted by Crippen LogP contribution is 2.19. The second-order valence-corrected chi connectivity index (χ2v) is 5.40. The summed E-state index contributed by atoms with van der Waals surface area (Å²) in [6.45, 7) is 2.92. The third kappa shape index (κ3) is 3.59. The van der Waals surface area contributed by atoms with Crippen LogP contribution in [0.15, 0.2) is 34.4 Å². The summed E-state index contributed by atoms with van der Waals surface area (Å²) < 4.78 is 0.874. The number of hydrogen-bond acceptors (Lipinski definition) is 4. The highest BCUT2D eigenvalue weighted by molar-refractivity contribution is 9.10. The van der Waals surface area contributed by atoms with E-state index in [-0.39, 0.29) is 0 Å². The Kier molecular flexibility index (Phi) is 4.65. The molecule has 17 heavy (non-hydrogen) atoms. The Hall–Kier alpha value is -0.780. The molecule has 1 N–H and O–H groups in total. The molecule has 2 heterocycles. The molecule has 0 saturated heterocycles. The van der Waals surface area contributed by atoms with Gasteiger partial charge in [0.2, 0.25) is 0 Å². The Morgan fingerprint density at radius 1 is 1.47 bits per heavy atom. The number of rotatable bonds is 5. The molecule has 0 amide bonds. The number of thiazole rings is 1. The number of nitrogens with zero attached hydrogens (tertiary/aromatic N) is 2. The van der Waals surface area contributed by atoms with Crippen LogP contribution in [0.3, 0.4) is 0 Å². The summed E-state index contributed by atoms with van der Waals surface area (Å²) in [5.41, 5.74) is 1.04. The lowest BCUT2D eigenvalue weighted by Gasteiger charge is -2.13. The molecule has 1 atom stereocenters. The number of halogens is 1. The molecule has 0 aliphatic rings. The molecule has 0 spiro atoms. The topological polar surface area (TPSA) is 37.8 Å². The zero-order valence-corrected chi connectivity index (χ0v) is 12.0. The van der Waals surface area contributed by atoms with Crippen molar-refractivity contribution in [2.24, 2.45) is 0 Å². The second kappa shape index (κ2) is 6.23. The Labute approximate surface area is 113 Å². The molecule has 0 aliphatic heterocycles. The van der Waals surface area contributed by atoms with Crippen molar-refractivity contribution in [3.05, 3.63) is 45.1 Å². The molecular formula is C12H14BrN3S. The molecule has 3 nitrogen and oxygen atoms in total. The van der Waals surface area contributed by atoms with Gasteiger partial charge in [0.1, 0.15) is 9.61 Å². The van der Waals surface area contributed by atoms with Crippen LogP contribution < -0.4 is 5.32 Å². The Morgan fingerprint density at radius 3 is 3.00 bits per heavy atom. The van der Waals surface area contributed by atoms with E-state index in [9.17, 15) is 0 Å². The van der Waals surface area contributed by atoms with Crippen molar-refractivity contribution in [2.75, 3.05) is 0 Å². The van der Waals surface area contributed by atoms with Crippen molar-refractivity contribution in [2.45, 2.75) is 25.9 Å². The van der Waals surface area contributed by atoms with Gasteiger partial charge >= 0.3 is 0 Å². The molecule has 2 aromatic rings. The van der Waals surface area contributed by atoms with Crippen molar-refractivity contribution in [3.8, 4) is 0 Å². The van der Waals surface area contributed by atoms with Crippen LogP contribution in [-0.4, -0.2) is 9.97 Å². The predicted molar refractivity (Wildman–Crippen MR) is 73.9 cm³/mol. The number of aromatic nitrogens is 2. The third-order valence-corrected chi connectivity index (χ3v) is 3.79. The first-order valence-corrected chi connectivity index (χ1v) is 7.21. The highest BCUT2D eigenvalue weighted by atomic mass is 79.9. The summed E-state index contributed by atoms with van der Waals surface area (Å²) in [6, 6.07) is 6.27. The maximum atomic E-state index is 4.40. The number of pyridine rings is 1. The second-order valence-electron chi connectivity index (χ2n) is 3.66. The lowest BCUT2D eigenvalue weighted by Crippen LogP contribution is -2.20. The molecule has 2 rings (SSSR count). The summed E-state index contributed by atoms with van der Waals surface area (Å²) in [5, 5.41) is 6.63. The van der Waals surface area contributed by atoms with Gasteiger partial charge in [-0.2, -0.15) is 0 Å². The quantitative estimate of drug-likeness (QED) is 0.858. The van der Waals surface area contributed by atoms with E-state index in [1.165, 1.54) is 0 Å². The molecule has 0 fully saturated rings. The molecule has 5 heteroatoms. The van der Waals surface area contributed by atoms with Crippen molar-refractivity contribution in [1.82, 2.24) is 15.3 Å². The summed E-state index contributed by atoms with van der Waals surface area (Å²) in [5.74, 6) is 0. The monoisotopic (exact) mass is 311 g/mol. The van der Waals surface area contributed by atoms with Gasteiger partial charge in [0.15, 0.2) is 0 Å². The predicted octanol–water partition coefficient (Wildman–Crippen LogP) is 3.54. The third-order valence-electron chi connectivity index (χ3n) is 2.46. The molecule has 1 unspecified atom stereocenters. The van der Waals surface area contributed by atoms with Crippen LogP contribution in [0.2, 0.25) is 0 Å². The lowest BCUT2D eigenvalue weighted by atomic mass is 10.2. The van der Waals surface area contributed by atoms with Crippen molar-refractivity contribution >= 4 is 27.3 Å². The molecular weight excluding hydrogens is 298 g/mol. The minimum atomic E-state index is 0.316. The van der Waals surface area contributed by atoms with Crippen molar-refractivity contribution < 1.29 is 0 Å². The molecule has 2 aromatic heterocycles.